The Morgan fingerprint density at radius 3 is 2.35 bits per heavy atom. The van der Waals surface area contributed by atoms with E-state index in [4.69, 9.17) is 11.6 Å². The number of piperazine rings is 1. The molecule has 0 radical (unpaired) electrons. The molecule has 0 spiro atoms. The second kappa shape index (κ2) is 7.31. The molecule has 114 valence electrons. The largest absolute Gasteiger partial charge is 0.408 e. The molecule has 1 saturated heterocycles. The van der Waals surface area contributed by atoms with E-state index in [2.05, 4.69) is 21.2 Å². The van der Waals surface area contributed by atoms with Gasteiger partial charge in [-0.2, -0.15) is 13.2 Å². The Hall–Kier alpha value is -0.0100. The average molecular weight is 394 g/mol. The lowest BCUT2D eigenvalue weighted by Gasteiger charge is -2.36. The number of halogens is 6. The molecule has 2 nitrogen and oxygen atoms in total. The maximum Gasteiger partial charge on any atom is 0.408 e. The molecule has 20 heavy (non-hydrogen) atoms. The fourth-order valence-corrected chi connectivity index (χ4v) is 2.74. The van der Waals surface area contributed by atoms with E-state index in [1.54, 1.807) is 0 Å². The Labute approximate surface area is 135 Å². The Balaban J connectivity index is 0.00000200. The van der Waals surface area contributed by atoms with Gasteiger partial charge in [-0.1, -0.05) is 17.7 Å². The highest BCUT2D eigenvalue weighted by molar-refractivity contribution is 9.10. The summed E-state index contributed by atoms with van der Waals surface area (Å²) < 4.78 is 40.4. The molecule has 0 unspecified atom stereocenters. The molecule has 8 heteroatoms. The van der Waals surface area contributed by atoms with Gasteiger partial charge in [-0.3, -0.25) is 4.90 Å². The first-order valence-electron chi connectivity index (χ1n) is 5.86. The average Bonchev–Trinajstić information content (AvgIpc) is 2.34. The van der Waals surface area contributed by atoms with Gasteiger partial charge in [0.2, 0.25) is 0 Å². The van der Waals surface area contributed by atoms with Gasteiger partial charge in [-0.15, -0.1) is 12.4 Å². The highest BCUT2D eigenvalue weighted by Crippen LogP contribution is 2.39. The molecule has 1 atom stereocenters. The zero-order chi connectivity index (χ0) is 14.0. The van der Waals surface area contributed by atoms with E-state index in [9.17, 15) is 13.2 Å². The van der Waals surface area contributed by atoms with Crippen molar-refractivity contribution < 1.29 is 13.2 Å². The molecule has 0 bridgehead atoms. The molecule has 1 heterocycles. The minimum atomic E-state index is -4.30. The minimum Gasteiger partial charge on any atom is -0.314 e. The summed E-state index contributed by atoms with van der Waals surface area (Å²) in [5, 5.41) is 3.46. The van der Waals surface area contributed by atoms with Crippen LogP contribution in [0.25, 0.3) is 0 Å². The summed E-state index contributed by atoms with van der Waals surface area (Å²) in [6, 6.07) is 2.79. The predicted molar refractivity (Wildman–Crippen MR) is 79.6 cm³/mol. The van der Waals surface area contributed by atoms with Crippen LogP contribution >= 0.6 is 39.9 Å². The Kier molecular flexibility index (Phi) is 6.60. The van der Waals surface area contributed by atoms with E-state index in [1.807, 2.05) is 0 Å². The van der Waals surface area contributed by atoms with E-state index in [0.29, 0.717) is 35.7 Å². The maximum atomic E-state index is 13.3. The Morgan fingerprint density at radius 2 is 1.85 bits per heavy atom. The van der Waals surface area contributed by atoms with Gasteiger partial charge in [0, 0.05) is 30.7 Å². The van der Waals surface area contributed by atoms with Crippen molar-refractivity contribution in [3.05, 3.63) is 33.3 Å². The van der Waals surface area contributed by atoms with Crippen molar-refractivity contribution in [2.45, 2.75) is 12.2 Å². The van der Waals surface area contributed by atoms with E-state index in [0.717, 1.165) is 0 Å². The molecular formula is C12H14BrCl2F3N2. The fraction of sp³-hybridized carbons (Fsp3) is 0.500. The van der Waals surface area contributed by atoms with Crippen LogP contribution in [0.3, 0.4) is 0 Å². The number of rotatable bonds is 2. The van der Waals surface area contributed by atoms with Crippen molar-refractivity contribution in [3.63, 3.8) is 0 Å². The first-order valence-corrected chi connectivity index (χ1v) is 7.03. The van der Waals surface area contributed by atoms with Gasteiger partial charge in [0.05, 0.1) is 5.02 Å². The van der Waals surface area contributed by atoms with E-state index >= 15 is 0 Å². The Bertz CT molecular complexity index is 451. The van der Waals surface area contributed by atoms with Crippen LogP contribution in [0.2, 0.25) is 5.02 Å². The summed E-state index contributed by atoms with van der Waals surface area (Å²) in [4.78, 5) is 1.45. The van der Waals surface area contributed by atoms with Crippen LogP contribution in [0.4, 0.5) is 13.2 Å². The summed E-state index contributed by atoms with van der Waals surface area (Å²) in [5.74, 6) is 0. The smallest absolute Gasteiger partial charge is 0.314 e. The maximum absolute atomic E-state index is 13.3. The third-order valence-corrected chi connectivity index (χ3v) is 4.30. The minimum absolute atomic E-state index is 0. The van der Waals surface area contributed by atoms with Crippen LogP contribution in [0.15, 0.2) is 22.7 Å². The van der Waals surface area contributed by atoms with Crippen LogP contribution in [0.5, 0.6) is 0 Å². The summed E-state index contributed by atoms with van der Waals surface area (Å²) in [6.45, 7) is 1.90. The lowest BCUT2D eigenvalue weighted by molar-refractivity contribution is -0.187. The molecule has 0 saturated carbocycles. The van der Waals surface area contributed by atoms with E-state index < -0.39 is 12.2 Å². The van der Waals surface area contributed by atoms with Gasteiger partial charge in [-0.25, -0.2) is 0 Å². The van der Waals surface area contributed by atoms with Crippen LogP contribution in [-0.2, 0) is 0 Å². The molecular weight excluding hydrogens is 380 g/mol. The number of nitrogens with zero attached hydrogens (tertiary/aromatic N) is 1. The zero-order valence-electron chi connectivity index (χ0n) is 10.4. The van der Waals surface area contributed by atoms with Crippen molar-refractivity contribution >= 4 is 39.9 Å². The van der Waals surface area contributed by atoms with E-state index in [1.165, 1.54) is 23.1 Å². The molecule has 1 aromatic carbocycles. The highest BCUT2D eigenvalue weighted by Gasteiger charge is 2.44. The summed E-state index contributed by atoms with van der Waals surface area (Å²) in [5.41, 5.74) is 0.214. The van der Waals surface area contributed by atoms with Gasteiger partial charge in [-0.05, 0) is 33.6 Å². The summed E-state index contributed by atoms with van der Waals surface area (Å²) in [7, 11) is 0. The lowest BCUT2D eigenvalue weighted by Crippen LogP contribution is -2.49. The monoisotopic (exact) mass is 392 g/mol. The third-order valence-electron chi connectivity index (χ3n) is 3.09. The number of hydrogen-bond acceptors (Lipinski definition) is 2. The predicted octanol–water partition coefficient (Wildman–Crippen LogP) is 4.03. The van der Waals surface area contributed by atoms with Crippen molar-refractivity contribution in [2.75, 3.05) is 26.2 Å². The second-order valence-electron chi connectivity index (χ2n) is 4.40. The first-order chi connectivity index (χ1) is 8.89. The van der Waals surface area contributed by atoms with Crippen molar-refractivity contribution in [3.8, 4) is 0 Å². The van der Waals surface area contributed by atoms with Crippen LogP contribution in [0.1, 0.15) is 11.6 Å². The topological polar surface area (TPSA) is 15.3 Å². The third kappa shape index (κ3) is 4.24. The SMILES string of the molecule is Cl.FC(F)(F)[C@@H](c1ccc(Cl)c(Br)c1)N1CCNCC1. The number of benzene rings is 1. The zero-order valence-corrected chi connectivity index (χ0v) is 13.5. The van der Waals surface area contributed by atoms with Gasteiger partial charge in [0.25, 0.3) is 0 Å². The van der Waals surface area contributed by atoms with Crippen LogP contribution in [0, 0.1) is 0 Å². The first kappa shape index (κ1) is 18.0. The standard InChI is InChI=1S/C12H13BrClF3N2.ClH/c13-9-7-8(1-2-10(9)14)11(12(15,16)17)19-5-3-18-4-6-19;/h1-2,7,11,18H,3-6H2;1H/t11-;/m1./s1. The van der Waals surface area contributed by atoms with Crippen LogP contribution < -0.4 is 5.32 Å². The number of hydrogen-bond donors (Lipinski definition) is 1. The van der Waals surface area contributed by atoms with Gasteiger partial charge >= 0.3 is 6.18 Å². The molecule has 1 aliphatic rings. The lowest BCUT2D eigenvalue weighted by atomic mass is 10.0. The van der Waals surface area contributed by atoms with Gasteiger partial charge in [0.1, 0.15) is 6.04 Å². The van der Waals surface area contributed by atoms with Gasteiger partial charge in [0.15, 0.2) is 0 Å². The number of alkyl halides is 3. The normalized spacial score (nSPS) is 18.4. The van der Waals surface area contributed by atoms with Gasteiger partial charge < -0.3 is 5.32 Å². The molecule has 1 fully saturated rings. The molecule has 0 aromatic heterocycles. The molecule has 1 aliphatic heterocycles. The van der Waals surface area contributed by atoms with Crippen molar-refractivity contribution in [1.82, 2.24) is 10.2 Å². The second-order valence-corrected chi connectivity index (χ2v) is 5.67. The van der Waals surface area contributed by atoms with Crippen molar-refractivity contribution in [2.24, 2.45) is 0 Å². The molecule has 0 aliphatic carbocycles. The molecule has 1 aromatic rings. The van der Waals surface area contributed by atoms with Crippen molar-refractivity contribution in [1.29, 1.82) is 0 Å². The Morgan fingerprint density at radius 1 is 1.25 bits per heavy atom. The fourth-order valence-electron chi connectivity index (χ4n) is 2.23. The van der Waals surface area contributed by atoms with Crippen LogP contribution in [-0.4, -0.2) is 37.3 Å². The molecule has 1 N–H and O–H groups in total. The number of nitrogens with one attached hydrogen (secondary N) is 1. The van der Waals surface area contributed by atoms with E-state index in [-0.39, 0.29) is 18.0 Å². The quantitative estimate of drug-likeness (QED) is 0.815. The summed E-state index contributed by atoms with van der Waals surface area (Å²) >= 11 is 9.01. The molecule has 0 amide bonds. The summed E-state index contributed by atoms with van der Waals surface area (Å²) in [6.07, 6.45) is -4.30. The highest BCUT2D eigenvalue weighted by atomic mass is 79.9. The molecule has 2 rings (SSSR count).